The lowest BCUT2D eigenvalue weighted by molar-refractivity contribution is -0.140. The number of anilines is 1. The van der Waals surface area contributed by atoms with Crippen LogP contribution in [0.3, 0.4) is 0 Å². The molecule has 1 saturated carbocycles. The third kappa shape index (κ3) is 6.82. The van der Waals surface area contributed by atoms with Gasteiger partial charge in [0.05, 0.1) is 22.1 Å². The van der Waals surface area contributed by atoms with Gasteiger partial charge in [-0.25, -0.2) is 13.5 Å². The second-order valence-corrected chi connectivity index (χ2v) is 10.8. The molecule has 0 spiro atoms. The summed E-state index contributed by atoms with van der Waals surface area (Å²) < 4.78 is 40.6. The van der Waals surface area contributed by atoms with Crippen LogP contribution in [0.25, 0.3) is 0 Å². The Bertz CT molecular complexity index is 863. The van der Waals surface area contributed by atoms with Crippen molar-refractivity contribution in [3.8, 4) is 5.75 Å². The Morgan fingerprint density at radius 1 is 1.26 bits per heavy atom. The van der Waals surface area contributed by atoms with Gasteiger partial charge in [0, 0.05) is 18.6 Å². The fourth-order valence-electron chi connectivity index (χ4n) is 4.52. The van der Waals surface area contributed by atoms with Crippen molar-refractivity contribution in [2.24, 2.45) is 0 Å². The summed E-state index contributed by atoms with van der Waals surface area (Å²) in [7, 11) is 2.11. The van der Waals surface area contributed by atoms with Gasteiger partial charge in [-0.1, -0.05) is 19.8 Å². The van der Waals surface area contributed by atoms with Crippen molar-refractivity contribution in [3.05, 3.63) is 24.2 Å². The van der Waals surface area contributed by atoms with E-state index in [1.165, 1.54) is 11.8 Å². The molecule has 0 bridgehead atoms. The van der Waals surface area contributed by atoms with Crippen molar-refractivity contribution in [1.82, 2.24) is 4.31 Å². The number of rotatable bonds is 9. The number of carbonyl (C=O) groups is 1. The summed E-state index contributed by atoms with van der Waals surface area (Å²) in [5, 5.41) is 0. The fourth-order valence-corrected chi connectivity index (χ4v) is 6.12. The number of benzene rings is 1. The molecule has 1 aromatic rings. The van der Waals surface area contributed by atoms with Crippen LogP contribution in [0.4, 0.5) is 14.5 Å². The highest BCUT2D eigenvalue weighted by molar-refractivity contribution is 7.98. The minimum atomic E-state index is -1.07. The first kappa shape index (κ1) is 27.1. The van der Waals surface area contributed by atoms with E-state index in [2.05, 4.69) is 29.2 Å². The SMILES string of the molecule is CCCCC1CN(C2CCC(F)CC2)c2cc(SC)c(O/C=C(\F)C(=O)OCC)cc2SN1C. The van der Waals surface area contributed by atoms with Crippen LogP contribution in [-0.4, -0.2) is 55.0 Å². The Balaban J connectivity index is 1.95. The zero-order chi connectivity index (χ0) is 24.7. The zero-order valence-electron chi connectivity index (χ0n) is 20.5. The molecule has 1 atom stereocenters. The third-order valence-electron chi connectivity index (χ3n) is 6.44. The van der Waals surface area contributed by atoms with Gasteiger partial charge in [0.25, 0.3) is 0 Å². The van der Waals surface area contributed by atoms with Crippen molar-refractivity contribution in [3.63, 3.8) is 0 Å². The van der Waals surface area contributed by atoms with Crippen LogP contribution in [-0.2, 0) is 9.53 Å². The number of esters is 1. The van der Waals surface area contributed by atoms with Gasteiger partial charge in [0.15, 0.2) is 0 Å². The number of hydrogen-bond donors (Lipinski definition) is 0. The number of carbonyl (C=O) groups excluding carboxylic acids is 1. The summed E-state index contributed by atoms with van der Waals surface area (Å²) in [6, 6.07) is 4.68. The molecule has 190 valence electrons. The molecule has 0 saturated heterocycles. The highest BCUT2D eigenvalue weighted by Crippen LogP contribution is 2.45. The highest BCUT2D eigenvalue weighted by Gasteiger charge is 2.33. The first-order valence-electron chi connectivity index (χ1n) is 12.1. The molecule has 0 radical (unpaired) electrons. The van der Waals surface area contributed by atoms with Gasteiger partial charge in [0.1, 0.15) is 18.2 Å². The van der Waals surface area contributed by atoms with Gasteiger partial charge < -0.3 is 14.4 Å². The number of thioether (sulfide) groups is 1. The lowest BCUT2D eigenvalue weighted by Crippen LogP contribution is -2.45. The Labute approximate surface area is 210 Å². The van der Waals surface area contributed by atoms with Gasteiger partial charge in [-0.2, -0.15) is 4.39 Å². The van der Waals surface area contributed by atoms with E-state index in [1.54, 1.807) is 18.9 Å². The molecule has 1 fully saturated rings. The number of ether oxygens (including phenoxy) is 2. The van der Waals surface area contributed by atoms with Crippen molar-refractivity contribution in [1.29, 1.82) is 0 Å². The van der Waals surface area contributed by atoms with Crippen LogP contribution in [0.1, 0.15) is 58.8 Å². The van der Waals surface area contributed by atoms with E-state index >= 15 is 0 Å². The van der Waals surface area contributed by atoms with Crippen LogP contribution in [0.5, 0.6) is 5.75 Å². The lowest BCUT2D eigenvalue weighted by atomic mass is 9.91. The Morgan fingerprint density at radius 2 is 2.00 bits per heavy atom. The number of hydrogen-bond acceptors (Lipinski definition) is 7. The van der Waals surface area contributed by atoms with Crippen LogP contribution in [0.15, 0.2) is 34.0 Å². The maximum atomic E-state index is 14.1. The first-order chi connectivity index (χ1) is 16.4. The van der Waals surface area contributed by atoms with Crippen molar-refractivity contribution < 1.29 is 23.0 Å². The van der Waals surface area contributed by atoms with Gasteiger partial charge in [0.2, 0.25) is 5.83 Å². The Kier molecular flexibility index (Phi) is 10.4. The number of nitrogens with zero attached hydrogens (tertiary/aromatic N) is 2. The molecule has 0 amide bonds. The molecule has 1 heterocycles. The molecule has 1 aliphatic carbocycles. The number of fused-ring (bicyclic) bond motifs is 1. The Morgan fingerprint density at radius 3 is 2.65 bits per heavy atom. The average molecular weight is 515 g/mol. The molecule has 3 rings (SSSR count). The van der Waals surface area contributed by atoms with Gasteiger partial charge >= 0.3 is 5.97 Å². The second kappa shape index (κ2) is 13.0. The van der Waals surface area contributed by atoms with Crippen LogP contribution in [0.2, 0.25) is 0 Å². The minimum Gasteiger partial charge on any atom is -0.461 e. The predicted molar refractivity (Wildman–Crippen MR) is 136 cm³/mol. The molecule has 0 N–H and O–H groups in total. The summed E-state index contributed by atoms with van der Waals surface area (Å²) in [6.07, 6.45) is 8.34. The average Bonchev–Trinajstić information content (AvgIpc) is 2.96. The second-order valence-electron chi connectivity index (χ2n) is 8.77. The summed E-state index contributed by atoms with van der Waals surface area (Å²) in [4.78, 5) is 15.9. The summed E-state index contributed by atoms with van der Waals surface area (Å²) in [5.41, 5.74) is 1.12. The summed E-state index contributed by atoms with van der Waals surface area (Å²) >= 11 is 3.17. The largest absolute Gasteiger partial charge is 0.461 e. The van der Waals surface area contributed by atoms with Crippen LogP contribution >= 0.6 is 23.7 Å². The molecule has 0 aromatic heterocycles. The molecule has 2 aliphatic rings. The Hall–Kier alpha value is -1.45. The van der Waals surface area contributed by atoms with E-state index in [9.17, 15) is 13.6 Å². The van der Waals surface area contributed by atoms with Crippen molar-refractivity contribution >= 4 is 35.4 Å². The molecule has 1 aromatic carbocycles. The van der Waals surface area contributed by atoms with Gasteiger partial charge in [-0.3, -0.25) is 0 Å². The quantitative estimate of drug-likeness (QED) is 0.119. The first-order valence-corrected chi connectivity index (χ1v) is 14.1. The van der Waals surface area contributed by atoms with E-state index in [0.29, 0.717) is 30.7 Å². The number of alkyl halides is 1. The number of unbranched alkanes of at least 4 members (excludes halogenated alkanes) is 1. The molecular formula is C25H36F2N2O3S2. The zero-order valence-corrected chi connectivity index (χ0v) is 22.2. The standard InChI is InChI=1S/C25H36F2N2O3S2/c1-5-7-8-19-15-29(18-11-9-17(26)10-12-18)21-13-24(33-4)22(14-23(21)34-28(19)3)32-16-20(27)25(30)31-6-2/h13-14,16-19H,5-12,15H2,1-4H3/b20-16-. The molecule has 34 heavy (non-hydrogen) atoms. The molecular weight excluding hydrogens is 478 g/mol. The maximum absolute atomic E-state index is 14.1. The number of likely N-dealkylation sites (N-methyl/N-ethyl adjacent to an activating group) is 1. The maximum Gasteiger partial charge on any atom is 0.370 e. The van der Waals surface area contributed by atoms with E-state index in [4.69, 9.17) is 9.47 Å². The predicted octanol–water partition coefficient (Wildman–Crippen LogP) is 6.76. The minimum absolute atomic E-state index is 0.0946. The number of halogens is 2. The fraction of sp³-hybridized carbons (Fsp3) is 0.640. The van der Waals surface area contributed by atoms with E-state index < -0.39 is 18.0 Å². The monoisotopic (exact) mass is 514 g/mol. The van der Waals surface area contributed by atoms with Crippen LogP contribution < -0.4 is 9.64 Å². The van der Waals surface area contributed by atoms with Crippen LogP contribution in [0, 0.1) is 0 Å². The highest BCUT2D eigenvalue weighted by atomic mass is 32.2. The van der Waals surface area contributed by atoms with Crippen molar-refractivity contribution in [2.75, 3.05) is 31.4 Å². The molecule has 1 aliphatic heterocycles. The smallest absolute Gasteiger partial charge is 0.370 e. The third-order valence-corrected chi connectivity index (χ3v) is 8.31. The molecule has 1 unspecified atom stereocenters. The summed E-state index contributed by atoms with van der Waals surface area (Å²) in [6.45, 7) is 4.81. The topological polar surface area (TPSA) is 42.0 Å². The van der Waals surface area contributed by atoms with E-state index in [0.717, 1.165) is 60.4 Å². The molecule has 5 nitrogen and oxygen atoms in total. The molecule has 9 heteroatoms. The van der Waals surface area contributed by atoms with Gasteiger partial charge in [-0.15, -0.1) is 11.8 Å². The normalized spacial score (nSPS) is 23.9. The summed E-state index contributed by atoms with van der Waals surface area (Å²) in [5.74, 6) is -1.62. The van der Waals surface area contributed by atoms with E-state index in [-0.39, 0.29) is 6.61 Å². The lowest BCUT2D eigenvalue weighted by Gasteiger charge is -2.39. The van der Waals surface area contributed by atoms with Crippen molar-refractivity contribution in [2.45, 2.75) is 86.8 Å². The van der Waals surface area contributed by atoms with Gasteiger partial charge in [-0.05, 0) is 76.4 Å². The van der Waals surface area contributed by atoms with E-state index in [1.807, 2.05) is 12.3 Å².